The SMILES string of the molecule is O=C(CSc1nnc(-c2ccccc2)n1Cc1ccco1)Nc1cccc(Br)c1. The highest BCUT2D eigenvalue weighted by atomic mass is 79.9. The molecule has 0 bridgehead atoms. The molecule has 4 aromatic rings. The first-order valence-electron chi connectivity index (χ1n) is 8.88. The summed E-state index contributed by atoms with van der Waals surface area (Å²) < 4.78 is 8.37. The van der Waals surface area contributed by atoms with Crippen LogP contribution in [0.3, 0.4) is 0 Å². The molecule has 29 heavy (non-hydrogen) atoms. The number of carbonyl (C=O) groups is 1. The van der Waals surface area contributed by atoms with Crippen molar-refractivity contribution in [3.8, 4) is 11.4 Å². The van der Waals surface area contributed by atoms with Crippen LogP contribution in [0, 0.1) is 0 Å². The predicted octanol–water partition coefficient (Wildman–Crippen LogP) is 5.08. The average molecular weight is 469 g/mol. The van der Waals surface area contributed by atoms with E-state index in [1.165, 1.54) is 11.8 Å². The Kier molecular flexibility index (Phi) is 6.12. The van der Waals surface area contributed by atoms with Crippen molar-refractivity contribution >= 4 is 39.3 Å². The molecular formula is C21H17BrN4O2S. The summed E-state index contributed by atoms with van der Waals surface area (Å²) in [4.78, 5) is 12.4. The van der Waals surface area contributed by atoms with Crippen molar-refractivity contribution in [3.05, 3.63) is 83.2 Å². The van der Waals surface area contributed by atoms with Crippen molar-refractivity contribution in [2.24, 2.45) is 0 Å². The van der Waals surface area contributed by atoms with Gasteiger partial charge in [-0.25, -0.2) is 0 Å². The molecule has 0 aliphatic heterocycles. The number of amides is 1. The van der Waals surface area contributed by atoms with E-state index in [9.17, 15) is 4.79 Å². The van der Waals surface area contributed by atoms with Crippen LogP contribution in [0.2, 0.25) is 0 Å². The lowest BCUT2D eigenvalue weighted by Crippen LogP contribution is -2.14. The van der Waals surface area contributed by atoms with Crippen LogP contribution in [0.15, 0.2) is 87.0 Å². The van der Waals surface area contributed by atoms with Gasteiger partial charge in [-0.05, 0) is 30.3 Å². The highest BCUT2D eigenvalue weighted by molar-refractivity contribution is 9.10. The molecule has 6 nitrogen and oxygen atoms in total. The van der Waals surface area contributed by atoms with E-state index in [4.69, 9.17) is 4.42 Å². The molecule has 0 aliphatic carbocycles. The van der Waals surface area contributed by atoms with Gasteiger partial charge in [0.25, 0.3) is 0 Å². The van der Waals surface area contributed by atoms with E-state index in [0.29, 0.717) is 11.7 Å². The number of anilines is 1. The molecule has 0 spiro atoms. The predicted molar refractivity (Wildman–Crippen MR) is 117 cm³/mol. The summed E-state index contributed by atoms with van der Waals surface area (Å²) in [7, 11) is 0. The number of thioether (sulfide) groups is 1. The standard InChI is InChI=1S/C21H17BrN4O2S/c22-16-8-4-9-17(12-16)23-19(27)14-29-21-25-24-20(15-6-2-1-3-7-15)26(21)13-18-10-5-11-28-18/h1-12H,13-14H2,(H,23,27). The van der Waals surface area contributed by atoms with E-state index in [-0.39, 0.29) is 11.7 Å². The monoisotopic (exact) mass is 468 g/mol. The van der Waals surface area contributed by atoms with E-state index >= 15 is 0 Å². The Morgan fingerprint density at radius 3 is 2.69 bits per heavy atom. The molecule has 0 aliphatic rings. The van der Waals surface area contributed by atoms with Gasteiger partial charge in [0.1, 0.15) is 5.76 Å². The van der Waals surface area contributed by atoms with E-state index in [1.807, 2.05) is 71.3 Å². The Bertz CT molecular complexity index is 1100. The largest absolute Gasteiger partial charge is 0.467 e. The smallest absolute Gasteiger partial charge is 0.234 e. The Morgan fingerprint density at radius 2 is 1.93 bits per heavy atom. The zero-order valence-electron chi connectivity index (χ0n) is 15.3. The van der Waals surface area contributed by atoms with E-state index in [2.05, 4.69) is 31.4 Å². The molecular weight excluding hydrogens is 452 g/mol. The highest BCUT2D eigenvalue weighted by Crippen LogP contribution is 2.25. The van der Waals surface area contributed by atoms with Gasteiger partial charge in [0, 0.05) is 15.7 Å². The summed E-state index contributed by atoms with van der Waals surface area (Å²) in [6, 6.07) is 21.1. The maximum absolute atomic E-state index is 12.4. The van der Waals surface area contributed by atoms with Gasteiger partial charge < -0.3 is 9.73 Å². The zero-order valence-corrected chi connectivity index (χ0v) is 17.7. The summed E-state index contributed by atoms with van der Waals surface area (Å²) >= 11 is 4.74. The number of carbonyl (C=O) groups excluding carboxylic acids is 1. The molecule has 0 unspecified atom stereocenters. The third-order valence-electron chi connectivity index (χ3n) is 4.08. The minimum atomic E-state index is -0.109. The normalized spacial score (nSPS) is 10.8. The number of rotatable bonds is 7. The van der Waals surface area contributed by atoms with Gasteiger partial charge in [0.2, 0.25) is 5.91 Å². The Morgan fingerprint density at radius 1 is 1.07 bits per heavy atom. The Labute approximate surface area is 180 Å². The lowest BCUT2D eigenvalue weighted by molar-refractivity contribution is -0.113. The molecule has 2 heterocycles. The van der Waals surface area contributed by atoms with Crippen LogP contribution in [-0.4, -0.2) is 26.4 Å². The van der Waals surface area contributed by atoms with Gasteiger partial charge in [-0.1, -0.05) is 64.1 Å². The number of furan rings is 1. The first-order chi connectivity index (χ1) is 14.2. The van der Waals surface area contributed by atoms with E-state index in [0.717, 1.165) is 27.3 Å². The van der Waals surface area contributed by atoms with Crippen LogP contribution in [0.25, 0.3) is 11.4 Å². The molecule has 0 radical (unpaired) electrons. The van der Waals surface area contributed by atoms with Crippen LogP contribution in [-0.2, 0) is 11.3 Å². The quantitative estimate of drug-likeness (QED) is 0.382. The molecule has 1 amide bonds. The van der Waals surface area contributed by atoms with Gasteiger partial charge in [-0.3, -0.25) is 9.36 Å². The number of benzene rings is 2. The number of aromatic nitrogens is 3. The summed E-state index contributed by atoms with van der Waals surface area (Å²) in [5.74, 6) is 1.64. The van der Waals surface area contributed by atoms with Crippen LogP contribution in [0.5, 0.6) is 0 Å². The lowest BCUT2D eigenvalue weighted by atomic mass is 10.2. The second kappa shape index (κ2) is 9.11. The zero-order chi connectivity index (χ0) is 20.1. The summed E-state index contributed by atoms with van der Waals surface area (Å²) in [5.41, 5.74) is 1.70. The van der Waals surface area contributed by atoms with Gasteiger partial charge in [0.15, 0.2) is 11.0 Å². The maximum Gasteiger partial charge on any atom is 0.234 e. The van der Waals surface area contributed by atoms with Crippen molar-refractivity contribution in [1.29, 1.82) is 0 Å². The fourth-order valence-corrected chi connectivity index (χ4v) is 3.93. The fraction of sp³-hybridized carbons (Fsp3) is 0.0952. The summed E-state index contributed by atoms with van der Waals surface area (Å²) in [5, 5.41) is 12.2. The van der Waals surface area contributed by atoms with Crippen molar-refractivity contribution in [2.75, 3.05) is 11.1 Å². The molecule has 0 fully saturated rings. The number of nitrogens with one attached hydrogen (secondary N) is 1. The van der Waals surface area contributed by atoms with Crippen LogP contribution in [0.1, 0.15) is 5.76 Å². The van der Waals surface area contributed by atoms with Gasteiger partial charge in [0.05, 0.1) is 18.6 Å². The van der Waals surface area contributed by atoms with Crippen molar-refractivity contribution < 1.29 is 9.21 Å². The molecule has 8 heteroatoms. The second-order valence-corrected chi connectivity index (χ2v) is 8.04. The average Bonchev–Trinajstić information content (AvgIpc) is 3.38. The number of hydrogen-bond acceptors (Lipinski definition) is 5. The summed E-state index contributed by atoms with van der Waals surface area (Å²) in [6.45, 7) is 0.486. The highest BCUT2D eigenvalue weighted by Gasteiger charge is 2.17. The molecule has 0 saturated carbocycles. The molecule has 0 saturated heterocycles. The number of nitrogens with zero attached hydrogens (tertiary/aromatic N) is 3. The molecule has 0 atom stereocenters. The van der Waals surface area contributed by atoms with Crippen molar-refractivity contribution in [3.63, 3.8) is 0 Å². The maximum atomic E-state index is 12.4. The topological polar surface area (TPSA) is 73.0 Å². The first kappa shape index (κ1) is 19.5. The first-order valence-corrected chi connectivity index (χ1v) is 10.7. The molecule has 146 valence electrons. The molecule has 2 aromatic heterocycles. The van der Waals surface area contributed by atoms with Crippen molar-refractivity contribution in [1.82, 2.24) is 14.8 Å². The third-order valence-corrected chi connectivity index (χ3v) is 5.54. The Balaban J connectivity index is 1.52. The number of halogens is 1. The fourth-order valence-electron chi connectivity index (χ4n) is 2.79. The van der Waals surface area contributed by atoms with Gasteiger partial charge in [-0.15, -0.1) is 10.2 Å². The van der Waals surface area contributed by atoms with E-state index < -0.39 is 0 Å². The van der Waals surface area contributed by atoms with E-state index in [1.54, 1.807) is 6.26 Å². The van der Waals surface area contributed by atoms with Gasteiger partial charge in [-0.2, -0.15) is 0 Å². The minimum absolute atomic E-state index is 0.109. The second-order valence-electron chi connectivity index (χ2n) is 6.18. The molecule has 2 aromatic carbocycles. The third kappa shape index (κ3) is 4.96. The van der Waals surface area contributed by atoms with Crippen LogP contribution >= 0.6 is 27.7 Å². The number of hydrogen-bond donors (Lipinski definition) is 1. The molecule has 1 N–H and O–H groups in total. The summed E-state index contributed by atoms with van der Waals surface area (Å²) in [6.07, 6.45) is 1.64. The minimum Gasteiger partial charge on any atom is -0.467 e. The van der Waals surface area contributed by atoms with Crippen molar-refractivity contribution in [2.45, 2.75) is 11.7 Å². The van der Waals surface area contributed by atoms with Crippen LogP contribution < -0.4 is 5.32 Å². The van der Waals surface area contributed by atoms with Crippen LogP contribution in [0.4, 0.5) is 5.69 Å². The lowest BCUT2D eigenvalue weighted by Gasteiger charge is -2.09. The Hall–Kier alpha value is -2.84. The van der Waals surface area contributed by atoms with Gasteiger partial charge >= 0.3 is 0 Å². The molecule has 4 rings (SSSR count).